The van der Waals surface area contributed by atoms with Crippen molar-refractivity contribution in [1.29, 1.82) is 0 Å². The molecule has 0 aromatic carbocycles. The summed E-state index contributed by atoms with van der Waals surface area (Å²) in [5.41, 5.74) is -0.658. The van der Waals surface area contributed by atoms with Crippen molar-refractivity contribution in [2.75, 3.05) is 26.2 Å². The van der Waals surface area contributed by atoms with Gasteiger partial charge in [0.25, 0.3) is 0 Å². The lowest BCUT2D eigenvalue weighted by molar-refractivity contribution is -0.148. The summed E-state index contributed by atoms with van der Waals surface area (Å²) in [6.07, 6.45) is -5.50. The second kappa shape index (κ2) is 7.50. The number of β-amino-alcohol motifs (C(OH)–C–C–N with tert-alkyl or cyclic N) is 1. The van der Waals surface area contributed by atoms with Crippen LogP contribution < -0.4 is 5.32 Å². The molecule has 1 amide bonds. The molecule has 0 radical (unpaired) electrons. The predicted octanol–water partition coefficient (Wildman–Crippen LogP) is 2.15. The van der Waals surface area contributed by atoms with Crippen molar-refractivity contribution in [2.24, 2.45) is 5.92 Å². The first-order valence-electron chi connectivity index (χ1n) is 7.38. The number of nitrogens with one attached hydrogen (secondary N) is 1. The van der Waals surface area contributed by atoms with Gasteiger partial charge >= 0.3 is 12.3 Å². The Kier molecular flexibility index (Phi) is 6.49. The molecule has 0 spiro atoms. The lowest BCUT2D eigenvalue weighted by Crippen LogP contribution is -2.52. The topological polar surface area (TPSA) is 61.8 Å². The molecule has 130 valence electrons. The summed E-state index contributed by atoms with van der Waals surface area (Å²) in [7, 11) is 0. The number of piperidine rings is 1. The fraction of sp³-hybridized carbons (Fsp3) is 0.929. The number of amides is 1. The number of hydrogen-bond acceptors (Lipinski definition) is 4. The zero-order chi connectivity index (χ0) is 17.0. The van der Waals surface area contributed by atoms with Crippen molar-refractivity contribution >= 4 is 6.09 Å². The molecule has 1 heterocycles. The summed E-state index contributed by atoms with van der Waals surface area (Å²) >= 11 is 0. The fourth-order valence-electron chi connectivity index (χ4n) is 2.68. The van der Waals surface area contributed by atoms with Gasteiger partial charge in [-0.25, -0.2) is 4.79 Å². The van der Waals surface area contributed by atoms with Crippen LogP contribution in [0, 0.1) is 5.92 Å². The van der Waals surface area contributed by atoms with Crippen LogP contribution in [0.3, 0.4) is 0 Å². The monoisotopic (exact) mass is 326 g/mol. The maximum Gasteiger partial charge on any atom is 0.407 e. The number of likely N-dealkylation sites (tertiary alicyclic amines) is 1. The van der Waals surface area contributed by atoms with Crippen molar-refractivity contribution in [1.82, 2.24) is 10.2 Å². The van der Waals surface area contributed by atoms with Gasteiger partial charge in [0, 0.05) is 32.1 Å². The van der Waals surface area contributed by atoms with Crippen LogP contribution in [0.1, 0.15) is 33.6 Å². The largest absolute Gasteiger partial charge is 0.444 e. The number of carbonyl (C=O) groups is 1. The molecular formula is C14H25F3N2O3. The van der Waals surface area contributed by atoms with E-state index in [0.29, 0.717) is 13.1 Å². The first kappa shape index (κ1) is 19.0. The molecule has 22 heavy (non-hydrogen) atoms. The molecule has 0 bridgehead atoms. The second-order valence-electron chi connectivity index (χ2n) is 6.75. The molecule has 1 rings (SSSR count). The number of carbonyl (C=O) groups excluding carboxylic acids is 1. The highest BCUT2D eigenvalue weighted by Crippen LogP contribution is 2.30. The fourth-order valence-corrected chi connectivity index (χ4v) is 2.68. The van der Waals surface area contributed by atoms with Crippen LogP contribution in [0.5, 0.6) is 0 Å². The lowest BCUT2D eigenvalue weighted by atomic mass is 9.91. The Balaban J connectivity index is 2.62. The van der Waals surface area contributed by atoms with Gasteiger partial charge in [-0.2, -0.15) is 13.2 Å². The van der Waals surface area contributed by atoms with Crippen LogP contribution in [0.15, 0.2) is 0 Å². The van der Waals surface area contributed by atoms with Crippen molar-refractivity contribution in [3.8, 4) is 0 Å². The SMILES string of the molecule is CC(C)(C)OC(=O)NC1CC(CC(F)(F)F)CN(CCO)C1. The highest BCUT2D eigenvalue weighted by atomic mass is 19.4. The van der Waals surface area contributed by atoms with Gasteiger partial charge in [0.2, 0.25) is 0 Å². The van der Waals surface area contributed by atoms with Gasteiger partial charge < -0.3 is 15.2 Å². The summed E-state index contributed by atoms with van der Waals surface area (Å²) in [5, 5.41) is 11.6. The van der Waals surface area contributed by atoms with Gasteiger partial charge in [0.1, 0.15) is 5.60 Å². The van der Waals surface area contributed by atoms with E-state index in [-0.39, 0.29) is 19.6 Å². The molecule has 0 aliphatic carbocycles. The van der Waals surface area contributed by atoms with Crippen molar-refractivity contribution in [3.63, 3.8) is 0 Å². The zero-order valence-corrected chi connectivity index (χ0v) is 13.2. The molecule has 2 unspecified atom stereocenters. The minimum atomic E-state index is -4.23. The number of alkyl halides is 3. The Bertz CT molecular complexity index is 369. The minimum Gasteiger partial charge on any atom is -0.444 e. The predicted molar refractivity (Wildman–Crippen MR) is 75.5 cm³/mol. The van der Waals surface area contributed by atoms with E-state index in [2.05, 4.69) is 5.32 Å². The van der Waals surface area contributed by atoms with Gasteiger partial charge in [-0.3, -0.25) is 4.90 Å². The number of aliphatic hydroxyl groups is 1. The summed E-state index contributed by atoms with van der Waals surface area (Å²) in [5.74, 6) is -0.597. The van der Waals surface area contributed by atoms with Gasteiger partial charge in [0.15, 0.2) is 0 Å². The summed E-state index contributed by atoms with van der Waals surface area (Å²) in [4.78, 5) is 13.5. The van der Waals surface area contributed by atoms with E-state index < -0.39 is 36.3 Å². The first-order chi connectivity index (χ1) is 9.98. The molecule has 2 atom stereocenters. The number of ether oxygens (including phenoxy) is 1. The summed E-state index contributed by atoms with van der Waals surface area (Å²) in [6, 6.07) is -0.414. The third-order valence-electron chi connectivity index (χ3n) is 3.27. The summed E-state index contributed by atoms with van der Waals surface area (Å²) < 4.78 is 42.9. The Morgan fingerprint density at radius 2 is 1.95 bits per heavy atom. The maximum absolute atomic E-state index is 12.6. The van der Waals surface area contributed by atoms with E-state index in [1.165, 1.54) is 0 Å². The van der Waals surface area contributed by atoms with Crippen LogP contribution in [0.4, 0.5) is 18.0 Å². The highest BCUT2D eigenvalue weighted by Gasteiger charge is 2.37. The van der Waals surface area contributed by atoms with Gasteiger partial charge in [-0.15, -0.1) is 0 Å². The highest BCUT2D eigenvalue weighted by molar-refractivity contribution is 5.68. The number of halogens is 3. The number of nitrogens with zero attached hydrogens (tertiary/aromatic N) is 1. The Morgan fingerprint density at radius 3 is 2.45 bits per heavy atom. The van der Waals surface area contributed by atoms with Gasteiger partial charge in [0.05, 0.1) is 6.61 Å². The van der Waals surface area contributed by atoms with E-state index in [1.807, 2.05) is 0 Å². The van der Waals surface area contributed by atoms with Gasteiger partial charge in [-0.05, 0) is 33.1 Å². The maximum atomic E-state index is 12.6. The molecule has 0 saturated carbocycles. The molecule has 1 saturated heterocycles. The van der Waals surface area contributed by atoms with Crippen molar-refractivity contribution < 1.29 is 27.8 Å². The average molecular weight is 326 g/mol. The van der Waals surface area contributed by atoms with Crippen LogP contribution in [-0.2, 0) is 4.74 Å². The van der Waals surface area contributed by atoms with E-state index >= 15 is 0 Å². The molecule has 1 aliphatic rings. The van der Waals surface area contributed by atoms with Crippen LogP contribution in [0.25, 0.3) is 0 Å². The number of hydrogen-bond donors (Lipinski definition) is 2. The third-order valence-corrected chi connectivity index (χ3v) is 3.27. The smallest absolute Gasteiger partial charge is 0.407 e. The quantitative estimate of drug-likeness (QED) is 0.831. The molecule has 8 heteroatoms. The number of alkyl carbamates (subject to hydrolysis) is 1. The second-order valence-corrected chi connectivity index (χ2v) is 6.75. The molecule has 1 aliphatic heterocycles. The molecule has 2 N–H and O–H groups in total. The lowest BCUT2D eigenvalue weighted by Gasteiger charge is -2.38. The van der Waals surface area contributed by atoms with E-state index in [4.69, 9.17) is 9.84 Å². The van der Waals surface area contributed by atoms with Crippen LogP contribution >= 0.6 is 0 Å². The molecule has 0 aromatic heterocycles. The Hall–Kier alpha value is -1.02. The van der Waals surface area contributed by atoms with Crippen molar-refractivity contribution in [2.45, 2.75) is 51.4 Å². The standard InChI is InChI=1S/C14H25F3N2O3/c1-13(2,3)22-12(21)18-11-6-10(7-14(15,16)17)8-19(9-11)4-5-20/h10-11,20H,4-9H2,1-3H3,(H,18,21). The normalized spacial score (nSPS) is 24.1. The Morgan fingerprint density at radius 1 is 1.32 bits per heavy atom. The number of aliphatic hydroxyl groups excluding tert-OH is 1. The molecule has 1 fully saturated rings. The van der Waals surface area contributed by atoms with E-state index in [1.54, 1.807) is 25.7 Å². The summed E-state index contributed by atoms with van der Waals surface area (Å²) in [6.45, 7) is 6.01. The third kappa shape index (κ3) is 7.84. The van der Waals surface area contributed by atoms with Gasteiger partial charge in [-0.1, -0.05) is 0 Å². The molecule has 5 nitrogen and oxygen atoms in total. The number of rotatable bonds is 4. The van der Waals surface area contributed by atoms with Crippen LogP contribution in [0.2, 0.25) is 0 Å². The average Bonchev–Trinajstić information content (AvgIpc) is 2.22. The van der Waals surface area contributed by atoms with E-state index in [0.717, 1.165) is 0 Å². The first-order valence-corrected chi connectivity index (χ1v) is 7.38. The molecular weight excluding hydrogens is 301 g/mol. The van der Waals surface area contributed by atoms with Crippen molar-refractivity contribution in [3.05, 3.63) is 0 Å². The molecule has 0 aromatic rings. The Labute approximate surface area is 128 Å². The van der Waals surface area contributed by atoms with E-state index in [9.17, 15) is 18.0 Å². The zero-order valence-electron chi connectivity index (χ0n) is 13.2. The van der Waals surface area contributed by atoms with Crippen LogP contribution in [-0.4, -0.2) is 60.2 Å². The minimum absolute atomic E-state index is 0.127.